The second-order valence-electron chi connectivity index (χ2n) is 4.49. The van der Waals surface area contributed by atoms with Crippen molar-refractivity contribution in [3.63, 3.8) is 0 Å². The van der Waals surface area contributed by atoms with Crippen LogP contribution in [0.3, 0.4) is 0 Å². The predicted octanol–water partition coefficient (Wildman–Crippen LogP) is 2.81. The molecule has 114 valence electrons. The average molecular weight is 325 g/mol. The molecule has 0 aliphatic rings. The summed E-state index contributed by atoms with van der Waals surface area (Å²) in [7, 11) is 0. The first kappa shape index (κ1) is 16.1. The minimum Gasteiger partial charge on any atom is -0.491 e. The van der Waals surface area contributed by atoms with Crippen LogP contribution in [0.1, 0.15) is 12.5 Å². The summed E-state index contributed by atoms with van der Waals surface area (Å²) in [6.07, 6.45) is -0.539. The van der Waals surface area contributed by atoms with Crippen LogP contribution in [0.25, 0.3) is 0 Å². The zero-order valence-electron chi connectivity index (χ0n) is 12.1. The highest BCUT2D eigenvalue weighted by atomic mass is 32.2. The van der Waals surface area contributed by atoms with Crippen LogP contribution < -0.4 is 10.1 Å². The number of hydrogen-bond acceptors (Lipinski definition) is 7. The topological polar surface area (TPSA) is 67.3 Å². The molecule has 1 aromatic carbocycles. The summed E-state index contributed by atoms with van der Waals surface area (Å²) in [6.45, 7) is 5.14. The first-order valence-electron chi connectivity index (χ1n) is 6.75. The summed E-state index contributed by atoms with van der Waals surface area (Å²) in [5, 5.41) is 21.9. The van der Waals surface area contributed by atoms with E-state index in [9.17, 15) is 5.11 Å². The molecule has 1 heterocycles. The Labute approximate surface area is 132 Å². The van der Waals surface area contributed by atoms with E-state index in [0.29, 0.717) is 5.75 Å². The monoisotopic (exact) mass is 325 g/mol. The van der Waals surface area contributed by atoms with Gasteiger partial charge in [-0.2, -0.15) is 0 Å². The van der Waals surface area contributed by atoms with E-state index in [1.54, 1.807) is 0 Å². The molecular formula is C14H19N3O2S2. The molecule has 0 saturated carbocycles. The SMILES string of the molecule is CCNc1nnc(SCC(O)COc2ccc(C)cc2)s1. The van der Waals surface area contributed by atoms with Gasteiger partial charge in [0, 0.05) is 12.3 Å². The third-order valence-corrected chi connectivity index (χ3v) is 4.76. The Kier molecular flexibility index (Phi) is 6.28. The largest absolute Gasteiger partial charge is 0.491 e. The summed E-state index contributed by atoms with van der Waals surface area (Å²) in [6, 6.07) is 7.78. The van der Waals surface area contributed by atoms with Crippen molar-refractivity contribution < 1.29 is 9.84 Å². The zero-order valence-corrected chi connectivity index (χ0v) is 13.7. The van der Waals surface area contributed by atoms with Crippen LogP contribution in [-0.4, -0.2) is 40.3 Å². The average Bonchev–Trinajstić information content (AvgIpc) is 2.93. The molecule has 5 nitrogen and oxygen atoms in total. The Bertz CT molecular complexity index is 545. The smallest absolute Gasteiger partial charge is 0.206 e. The van der Waals surface area contributed by atoms with Gasteiger partial charge in [0.05, 0.1) is 6.10 Å². The van der Waals surface area contributed by atoms with Gasteiger partial charge in [-0.25, -0.2) is 0 Å². The number of aliphatic hydroxyl groups excluding tert-OH is 1. The van der Waals surface area contributed by atoms with E-state index in [-0.39, 0.29) is 6.61 Å². The number of aromatic nitrogens is 2. The van der Waals surface area contributed by atoms with Gasteiger partial charge in [-0.1, -0.05) is 40.8 Å². The maximum atomic E-state index is 9.93. The number of nitrogens with zero attached hydrogens (tertiary/aromatic N) is 2. The van der Waals surface area contributed by atoms with Crippen molar-refractivity contribution in [1.82, 2.24) is 10.2 Å². The van der Waals surface area contributed by atoms with E-state index in [4.69, 9.17) is 4.74 Å². The Hall–Kier alpha value is -1.31. The number of rotatable bonds is 8. The molecule has 0 fully saturated rings. The van der Waals surface area contributed by atoms with Gasteiger partial charge in [0.15, 0.2) is 4.34 Å². The molecule has 21 heavy (non-hydrogen) atoms. The number of benzene rings is 1. The van der Waals surface area contributed by atoms with Crippen molar-refractivity contribution in [2.75, 3.05) is 24.2 Å². The van der Waals surface area contributed by atoms with Gasteiger partial charge in [0.25, 0.3) is 0 Å². The van der Waals surface area contributed by atoms with Crippen molar-refractivity contribution in [3.8, 4) is 5.75 Å². The van der Waals surface area contributed by atoms with E-state index in [2.05, 4.69) is 15.5 Å². The lowest BCUT2D eigenvalue weighted by Crippen LogP contribution is -2.20. The highest BCUT2D eigenvalue weighted by Gasteiger charge is 2.09. The fourth-order valence-electron chi connectivity index (χ4n) is 1.53. The molecule has 1 unspecified atom stereocenters. The highest BCUT2D eigenvalue weighted by Crippen LogP contribution is 2.25. The molecule has 2 N–H and O–H groups in total. The third-order valence-electron chi connectivity index (χ3n) is 2.60. The summed E-state index contributed by atoms with van der Waals surface area (Å²) in [4.78, 5) is 0. The summed E-state index contributed by atoms with van der Waals surface area (Å²) >= 11 is 2.98. The predicted molar refractivity (Wildman–Crippen MR) is 87.5 cm³/mol. The summed E-state index contributed by atoms with van der Waals surface area (Å²) in [5.41, 5.74) is 1.19. The molecule has 0 spiro atoms. The van der Waals surface area contributed by atoms with Gasteiger partial charge in [0.1, 0.15) is 12.4 Å². The molecule has 2 aromatic rings. The molecule has 0 bridgehead atoms. The van der Waals surface area contributed by atoms with Crippen molar-refractivity contribution in [1.29, 1.82) is 0 Å². The van der Waals surface area contributed by atoms with E-state index in [0.717, 1.165) is 21.8 Å². The Morgan fingerprint density at radius 2 is 2.10 bits per heavy atom. The zero-order chi connectivity index (χ0) is 15.1. The van der Waals surface area contributed by atoms with Gasteiger partial charge in [-0.05, 0) is 26.0 Å². The fraction of sp³-hybridized carbons (Fsp3) is 0.429. The molecule has 7 heteroatoms. The van der Waals surface area contributed by atoms with Crippen LogP contribution in [0.5, 0.6) is 5.75 Å². The lowest BCUT2D eigenvalue weighted by Gasteiger charge is -2.11. The Morgan fingerprint density at radius 1 is 1.33 bits per heavy atom. The molecule has 0 aliphatic heterocycles. The molecule has 0 radical (unpaired) electrons. The summed E-state index contributed by atoms with van der Waals surface area (Å²) < 4.78 is 6.39. The van der Waals surface area contributed by atoms with E-state index in [1.165, 1.54) is 28.7 Å². The molecule has 0 amide bonds. The number of nitrogens with one attached hydrogen (secondary N) is 1. The van der Waals surface area contributed by atoms with Gasteiger partial charge in [0.2, 0.25) is 5.13 Å². The van der Waals surface area contributed by atoms with Gasteiger partial charge in [-0.15, -0.1) is 10.2 Å². The lowest BCUT2D eigenvalue weighted by molar-refractivity contribution is 0.126. The van der Waals surface area contributed by atoms with E-state index >= 15 is 0 Å². The van der Waals surface area contributed by atoms with Crippen LogP contribution in [0.15, 0.2) is 28.6 Å². The standard InChI is InChI=1S/C14H19N3O2S2/c1-3-15-13-16-17-14(21-13)20-9-11(18)8-19-12-6-4-10(2)5-7-12/h4-7,11,18H,3,8-9H2,1-2H3,(H,15,16). The Balaban J connectivity index is 1.71. The minimum atomic E-state index is -0.539. The van der Waals surface area contributed by atoms with Gasteiger partial charge in [-0.3, -0.25) is 0 Å². The van der Waals surface area contributed by atoms with Crippen LogP contribution in [0.2, 0.25) is 0 Å². The van der Waals surface area contributed by atoms with Gasteiger partial charge >= 0.3 is 0 Å². The number of anilines is 1. The van der Waals surface area contributed by atoms with Crippen LogP contribution in [0.4, 0.5) is 5.13 Å². The summed E-state index contributed by atoms with van der Waals surface area (Å²) in [5.74, 6) is 1.31. The number of thioether (sulfide) groups is 1. The minimum absolute atomic E-state index is 0.273. The van der Waals surface area contributed by atoms with Crippen molar-refractivity contribution in [2.45, 2.75) is 24.3 Å². The molecule has 1 aromatic heterocycles. The Morgan fingerprint density at radius 3 is 2.81 bits per heavy atom. The third kappa shape index (κ3) is 5.53. The second-order valence-corrected chi connectivity index (χ2v) is 6.74. The number of aliphatic hydroxyl groups is 1. The molecule has 1 atom stereocenters. The van der Waals surface area contributed by atoms with Crippen LogP contribution >= 0.6 is 23.1 Å². The second kappa shape index (κ2) is 8.21. The lowest BCUT2D eigenvalue weighted by atomic mass is 10.2. The van der Waals surface area contributed by atoms with Crippen LogP contribution in [-0.2, 0) is 0 Å². The van der Waals surface area contributed by atoms with Crippen molar-refractivity contribution >= 4 is 28.2 Å². The molecule has 2 rings (SSSR count). The molecule has 0 saturated heterocycles. The fourth-order valence-corrected chi connectivity index (χ4v) is 3.28. The van der Waals surface area contributed by atoms with Crippen molar-refractivity contribution in [2.24, 2.45) is 0 Å². The maximum Gasteiger partial charge on any atom is 0.206 e. The quantitative estimate of drug-likeness (QED) is 0.728. The number of ether oxygens (including phenoxy) is 1. The molecule has 0 aliphatic carbocycles. The van der Waals surface area contributed by atoms with Gasteiger partial charge < -0.3 is 15.2 Å². The number of aryl methyl sites for hydroxylation is 1. The first-order valence-corrected chi connectivity index (χ1v) is 8.55. The first-order chi connectivity index (χ1) is 10.2. The van der Waals surface area contributed by atoms with Crippen LogP contribution in [0, 0.1) is 6.92 Å². The normalized spacial score (nSPS) is 12.1. The van der Waals surface area contributed by atoms with E-state index in [1.807, 2.05) is 38.1 Å². The van der Waals surface area contributed by atoms with E-state index < -0.39 is 6.10 Å². The van der Waals surface area contributed by atoms with Crippen molar-refractivity contribution in [3.05, 3.63) is 29.8 Å². The number of hydrogen-bond donors (Lipinski definition) is 2. The maximum absolute atomic E-state index is 9.93. The highest BCUT2D eigenvalue weighted by molar-refractivity contribution is 8.01. The molecular weight excluding hydrogens is 306 g/mol.